The third kappa shape index (κ3) is 5.15. The van der Waals surface area contributed by atoms with Gasteiger partial charge in [0.05, 0.1) is 4.47 Å². The van der Waals surface area contributed by atoms with Crippen LogP contribution in [0.1, 0.15) is 26.3 Å². The monoisotopic (exact) mass is 302 g/mol. The summed E-state index contributed by atoms with van der Waals surface area (Å²) in [7, 11) is 0. The molecule has 0 fully saturated rings. The smallest absolute Gasteiger partial charge is 0.137 e. The summed E-state index contributed by atoms with van der Waals surface area (Å²) in [4.78, 5) is 0. The fourth-order valence-electron chi connectivity index (χ4n) is 1.45. The number of benzene rings is 1. The molecule has 1 rings (SSSR count). The fourth-order valence-corrected chi connectivity index (χ4v) is 1.86. The highest BCUT2D eigenvalue weighted by atomic mass is 79.9. The first kappa shape index (κ1) is 14.6. The van der Waals surface area contributed by atoms with Gasteiger partial charge in [-0.05, 0) is 34.5 Å². The number of nitrogens with one attached hydrogen (secondary N) is 2. The predicted molar refractivity (Wildman–Crippen MR) is 73.5 cm³/mol. The normalized spacial score (nSPS) is 13.1. The number of hydrogen-bond donors (Lipinski definition) is 2. The van der Waals surface area contributed by atoms with Gasteiger partial charge in [-0.1, -0.05) is 26.0 Å². The van der Waals surface area contributed by atoms with E-state index in [0.717, 1.165) is 12.1 Å². The molecule has 0 aliphatic rings. The first-order chi connectivity index (χ1) is 8.00. The molecule has 0 bridgehead atoms. The van der Waals surface area contributed by atoms with Gasteiger partial charge in [0.25, 0.3) is 0 Å². The molecule has 2 nitrogen and oxygen atoms in total. The largest absolute Gasteiger partial charge is 0.313 e. The van der Waals surface area contributed by atoms with Gasteiger partial charge in [0.15, 0.2) is 0 Å². The number of rotatable bonds is 6. The summed E-state index contributed by atoms with van der Waals surface area (Å²) in [6, 6.07) is 5.95. The highest BCUT2D eigenvalue weighted by Gasteiger charge is 2.07. The molecule has 17 heavy (non-hydrogen) atoms. The maximum Gasteiger partial charge on any atom is 0.137 e. The second kappa shape index (κ2) is 7.09. The van der Waals surface area contributed by atoms with Crippen LogP contribution in [0.2, 0.25) is 0 Å². The van der Waals surface area contributed by atoms with Crippen molar-refractivity contribution in [2.75, 3.05) is 6.54 Å². The van der Waals surface area contributed by atoms with Crippen LogP contribution in [0.5, 0.6) is 0 Å². The molecule has 0 radical (unpaired) electrons. The first-order valence-electron chi connectivity index (χ1n) is 5.90. The minimum absolute atomic E-state index is 0.211. The number of hydrogen-bond acceptors (Lipinski definition) is 2. The average molecular weight is 303 g/mol. The molecule has 1 unspecified atom stereocenters. The summed E-state index contributed by atoms with van der Waals surface area (Å²) < 4.78 is 13.8. The van der Waals surface area contributed by atoms with Gasteiger partial charge in [0.2, 0.25) is 0 Å². The van der Waals surface area contributed by atoms with E-state index < -0.39 is 0 Å². The van der Waals surface area contributed by atoms with Crippen LogP contribution in [0.25, 0.3) is 0 Å². The molecule has 4 heteroatoms. The summed E-state index contributed by atoms with van der Waals surface area (Å²) in [5, 5.41) is 6.72. The third-order valence-corrected chi connectivity index (χ3v) is 3.39. The molecule has 1 aromatic rings. The van der Waals surface area contributed by atoms with Crippen LogP contribution >= 0.6 is 15.9 Å². The maximum absolute atomic E-state index is 13.3. The van der Waals surface area contributed by atoms with E-state index in [1.54, 1.807) is 6.07 Å². The predicted octanol–water partition coefficient (Wildman–Crippen LogP) is 3.06. The maximum atomic E-state index is 13.3. The van der Waals surface area contributed by atoms with Crippen LogP contribution < -0.4 is 10.6 Å². The Morgan fingerprint density at radius 2 is 1.94 bits per heavy atom. The summed E-state index contributed by atoms with van der Waals surface area (Å²) in [5.74, 6) is -0.211. The summed E-state index contributed by atoms with van der Waals surface area (Å²) in [6.07, 6.45) is 0. The van der Waals surface area contributed by atoms with Crippen molar-refractivity contribution in [1.29, 1.82) is 0 Å². The first-order valence-corrected chi connectivity index (χ1v) is 6.69. The Morgan fingerprint density at radius 3 is 2.59 bits per heavy atom. The van der Waals surface area contributed by atoms with Gasteiger partial charge in [-0.15, -0.1) is 0 Å². The molecule has 0 aliphatic carbocycles. The van der Waals surface area contributed by atoms with E-state index in [-0.39, 0.29) is 5.82 Å². The Labute approximate surface area is 111 Å². The molecule has 0 aliphatic heterocycles. The lowest BCUT2D eigenvalue weighted by molar-refractivity contribution is 0.472. The zero-order valence-electron chi connectivity index (χ0n) is 10.6. The number of halogens is 2. The molecule has 0 aromatic heterocycles. The van der Waals surface area contributed by atoms with E-state index in [4.69, 9.17) is 0 Å². The van der Waals surface area contributed by atoms with Crippen molar-refractivity contribution in [1.82, 2.24) is 10.6 Å². The topological polar surface area (TPSA) is 24.1 Å². The molecule has 0 amide bonds. The summed E-state index contributed by atoms with van der Waals surface area (Å²) in [5.41, 5.74) is 0.946. The van der Waals surface area contributed by atoms with Crippen LogP contribution in [0, 0.1) is 5.82 Å². The van der Waals surface area contributed by atoms with Gasteiger partial charge in [0.1, 0.15) is 5.82 Å². The Morgan fingerprint density at radius 1 is 1.24 bits per heavy atom. The molecular weight excluding hydrogens is 283 g/mol. The highest BCUT2D eigenvalue weighted by molar-refractivity contribution is 9.10. The van der Waals surface area contributed by atoms with Crippen LogP contribution in [-0.2, 0) is 6.54 Å². The lowest BCUT2D eigenvalue weighted by Crippen LogP contribution is -2.38. The van der Waals surface area contributed by atoms with Crippen LogP contribution in [0.3, 0.4) is 0 Å². The Kier molecular flexibility index (Phi) is 6.09. The second-order valence-corrected chi connectivity index (χ2v) is 5.35. The zero-order chi connectivity index (χ0) is 12.8. The van der Waals surface area contributed by atoms with Crippen molar-refractivity contribution in [2.45, 2.75) is 39.4 Å². The lowest BCUT2D eigenvalue weighted by atomic mass is 10.2. The van der Waals surface area contributed by atoms with Crippen molar-refractivity contribution >= 4 is 15.9 Å². The lowest BCUT2D eigenvalue weighted by Gasteiger charge is -2.17. The molecule has 0 heterocycles. The van der Waals surface area contributed by atoms with Crippen LogP contribution in [-0.4, -0.2) is 18.6 Å². The fraction of sp³-hybridized carbons (Fsp3) is 0.538. The van der Waals surface area contributed by atoms with Crippen LogP contribution in [0.4, 0.5) is 4.39 Å². The van der Waals surface area contributed by atoms with Gasteiger partial charge in [-0.3, -0.25) is 0 Å². The van der Waals surface area contributed by atoms with Gasteiger partial charge in [-0.25, -0.2) is 4.39 Å². The zero-order valence-corrected chi connectivity index (χ0v) is 12.1. The van der Waals surface area contributed by atoms with Crippen LogP contribution in [0.15, 0.2) is 22.7 Å². The summed E-state index contributed by atoms with van der Waals surface area (Å²) >= 11 is 3.26. The molecule has 0 saturated carbocycles. The second-order valence-electron chi connectivity index (χ2n) is 4.56. The molecule has 1 atom stereocenters. The molecule has 1 aromatic carbocycles. The van der Waals surface area contributed by atoms with E-state index in [1.807, 2.05) is 6.07 Å². The Hall–Kier alpha value is -0.450. The van der Waals surface area contributed by atoms with Gasteiger partial charge in [0, 0.05) is 25.2 Å². The van der Waals surface area contributed by atoms with E-state index in [1.165, 1.54) is 6.07 Å². The third-order valence-electron chi connectivity index (χ3n) is 2.50. The Balaban J connectivity index is 2.42. The van der Waals surface area contributed by atoms with Gasteiger partial charge in [-0.2, -0.15) is 0 Å². The van der Waals surface area contributed by atoms with E-state index in [0.29, 0.717) is 23.1 Å². The SMILES string of the molecule is CC(C)NCC(C)NCc1cccc(F)c1Br. The average Bonchev–Trinajstić information content (AvgIpc) is 2.28. The van der Waals surface area contributed by atoms with Gasteiger partial charge < -0.3 is 10.6 Å². The van der Waals surface area contributed by atoms with Gasteiger partial charge >= 0.3 is 0 Å². The quantitative estimate of drug-likeness (QED) is 0.844. The minimum atomic E-state index is -0.211. The highest BCUT2D eigenvalue weighted by Crippen LogP contribution is 2.20. The van der Waals surface area contributed by atoms with Crippen molar-refractivity contribution in [3.63, 3.8) is 0 Å². The molecule has 0 spiro atoms. The molecule has 0 saturated heterocycles. The molecular formula is C13H20BrFN2. The van der Waals surface area contributed by atoms with E-state index in [2.05, 4.69) is 47.3 Å². The van der Waals surface area contributed by atoms with Crippen molar-refractivity contribution in [2.24, 2.45) is 0 Å². The van der Waals surface area contributed by atoms with Crippen molar-refractivity contribution in [3.8, 4) is 0 Å². The minimum Gasteiger partial charge on any atom is -0.313 e. The summed E-state index contributed by atoms with van der Waals surface area (Å²) in [6.45, 7) is 7.93. The van der Waals surface area contributed by atoms with E-state index in [9.17, 15) is 4.39 Å². The van der Waals surface area contributed by atoms with E-state index >= 15 is 0 Å². The van der Waals surface area contributed by atoms with Crippen molar-refractivity contribution < 1.29 is 4.39 Å². The molecule has 96 valence electrons. The van der Waals surface area contributed by atoms with Crippen molar-refractivity contribution in [3.05, 3.63) is 34.1 Å². The standard InChI is InChI=1S/C13H20BrFN2/c1-9(2)16-7-10(3)17-8-11-5-4-6-12(15)13(11)14/h4-6,9-10,16-17H,7-8H2,1-3H3. The Bertz CT molecular complexity index is 355. The molecule has 2 N–H and O–H groups in total.